The van der Waals surface area contributed by atoms with Crippen molar-refractivity contribution in [2.45, 2.75) is 45.1 Å². The van der Waals surface area contributed by atoms with Gasteiger partial charge in [-0.1, -0.05) is 24.2 Å². The third-order valence-corrected chi connectivity index (χ3v) is 4.82. The van der Waals surface area contributed by atoms with Crippen LogP contribution in [0, 0.1) is 0 Å². The quantitative estimate of drug-likeness (QED) is 0.728. The number of likely N-dealkylation sites (tertiary alicyclic amines) is 1. The van der Waals surface area contributed by atoms with Crippen molar-refractivity contribution in [2.75, 3.05) is 13.1 Å². The standard InChI is InChI=1S/C18H22N4O2/c1-3-16-20-17(24-21-16)12(2)22-10-6-7-13(11-22)18-19-14-8-4-5-9-15(14)23-18/h4-5,8-9,12-13H,3,6-7,10-11H2,1-2H3/t12-,13-/m1/s1. The number of rotatable bonds is 4. The van der Waals surface area contributed by atoms with Crippen LogP contribution in [0.3, 0.4) is 0 Å². The topological polar surface area (TPSA) is 68.2 Å². The van der Waals surface area contributed by atoms with E-state index in [-0.39, 0.29) is 6.04 Å². The molecule has 3 aromatic rings. The van der Waals surface area contributed by atoms with Crippen molar-refractivity contribution < 1.29 is 8.94 Å². The van der Waals surface area contributed by atoms with Gasteiger partial charge < -0.3 is 8.94 Å². The van der Waals surface area contributed by atoms with Gasteiger partial charge >= 0.3 is 0 Å². The molecule has 0 aliphatic carbocycles. The largest absolute Gasteiger partial charge is 0.440 e. The van der Waals surface area contributed by atoms with Crippen LogP contribution in [0.5, 0.6) is 0 Å². The molecule has 6 heteroatoms. The molecule has 1 aromatic carbocycles. The van der Waals surface area contributed by atoms with Gasteiger partial charge in [-0.05, 0) is 38.4 Å². The van der Waals surface area contributed by atoms with Gasteiger partial charge in [-0.3, -0.25) is 4.90 Å². The van der Waals surface area contributed by atoms with E-state index in [4.69, 9.17) is 8.94 Å². The number of fused-ring (bicyclic) bond motifs is 1. The van der Waals surface area contributed by atoms with Crippen LogP contribution in [0.25, 0.3) is 11.1 Å². The lowest BCUT2D eigenvalue weighted by atomic mass is 9.97. The average Bonchev–Trinajstić information content (AvgIpc) is 3.28. The first-order valence-electron chi connectivity index (χ1n) is 8.66. The van der Waals surface area contributed by atoms with E-state index < -0.39 is 0 Å². The Balaban J connectivity index is 1.52. The second-order valence-electron chi connectivity index (χ2n) is 6.43. The molecule has 0 spiro atoms. The Kier molecular flexibility index (Phi) is 4.06. The summed E-state index contributed by atoms with van der Waals surface area (Å²) in [6.07, 6.45) is 3.00. The Bertz CT molecular complexity index is 792. The summed E-state index contributed by atoms with van der Waals surface area (Å²) in [5.74, 6) is 2.62. The molecule has 2 atom stereocenters. The Morgan fingerprint density at radius 1 is 1.29 bits per heavy atom. The molecule has 0 radical (unpaired) electrons. The van der Waals surface area contributed by atoms with Gasteiger partial charge in [-0.15, -0.1) is 0 Å². The molecule has 1 fully saturated rings. The number of oxazole rings is 1. The van der Waals surface area contributed by atoms with E-state index in [1.54, 1.807) is 0 Å². The predicted octanol–water partition coefficient (Wildman–Crippen LogP) is 3.71. The number of hydrogen-bond acceptors (Lipinski definition) is 6. The van der Waals surface area contributed by atoms with Crippen molar-refractivity contribution in [2.24, 2.45) is 0 Å². The molecule has 1 aliphatic rings. The zero-order valence-electron chi connectivity index (χ0n) is 14.1. The Morgan fingerprint density at radius 3 is 2.96 bits per heavy atom. The van der Waals surface area contributed by atoms with E-state index in [2.05, 4.69) is 26.9 Å². The summed E-state index contributed by atoms with van der Waals surface area (Å²) in [5, 5.41) is 4.01. The van der Waals surface area contributed by atoms with Crippen LogP contribution in [0.2, 0.25) is 0 Å². The van der Waals surface area contributed by atoms with E-state index in [0.29, 0.717) is 11.8 Å². The fourth-order valence-corrected chi connectivity index (χ4v) is 3.36. The maximum Gasteiger partial charge on any atom is 0.243 e. The zero-order chi connectivity index (χ0) is 16.5. The molecule has 1 aliphatic heterocycles. The summed E-state index contributed by atoms with van der Waals surface area (Å²) >= 11 is 0. The van der Waals surface area contributed by atoms with Crippen molar-refractivity contribution in [3.05, 3.63) is 41.9 Å². The van der Waals surface area contributed by atoms with Gasteiger partial charge in [0.1, 0.15) is 5.52 Å². The summed E-state index contributed by atoms with van der Waals surface area (Å²) in [6, 6.07) is 8.05. The smallest absolute Gasteiger partial charge is 0.243 e. The Morgan fingerprint density at radius 2 is 2.17 bits per heavy atom. The van der Waals surface area contributed by atoms with E-state index >= 15 is 0 Å². The molecule has 0 saturated carbocycles. The van der Waals surface area contributed by atoms with Gasteiger partial charge in [-0.2, -0.15) is 4.98 Å². The summed E-state index contributed by atoms with van der Waals surface area (Å²) in [6.45, 7) is 6.09. The van der Waals surface area contributed by atoms with Gasteiger partial charge in [0.25, 0.3) is 0 Å². The van der Waals surface area contributed by atoms with E-state index in [1.807, 2.05) is 31.2 Å². The number of benzene rings is 1. The molecule has 24 heavy (non-hydrogen) atoms. The van der Waals surface area contributed by atoms with Gasteiger partial charge in [-0.25, -0.2) is 4.98 Å². The second kappa shape index (κ2) is 6.36. The highest BCUT2D eigenvalue weighted by Gasteiger charge is 2.30. The summed E-state index contributed by atoms with van der Waals surface area (Å²) in [7, 11) is 0. The third kappa shape index (κ3) is 2.82. The van der Waals surface area contributed by atoms with Crippen LogP contribution in [0.1, 0.15) is 56.3 Å². The number of aryl methyl sites for hydroxylation is 1. The van der Waals surface area contributed by atoms with Crippen LogP contribution in [0.4, 0.5) is 0 Å². The molecular formula is C18H22N4O2. The molecule has 3 heterocycles. The van der Waals surface area contributed by atoms with Gasteiger partial charge in [0.15, 0.2) is 17.3 Å². The summed E-state index contributed by atoms with van der Waals surface area (Å²) in [5.41, 5.74) is 1.80. The molecule has 4 rings (SSSR count). The lowest BCUT2D eigenvalue weighted by Gasteiger charge is -2.34. The maximum atomic E-state index is 5.97. The summed E-state index contributed by atoms with van der Waals surface area (Å²) < 4.78 is 11.4. The van der Waals surface area contributed by atoms with Crippen molar-refractivity contribution in [1.82, 2.24) is 20.0 Å². The van der Waals surface area contributed by atoms with Gasteiger partial charge in [0, 0.05) is 18.9 Å². The van der Waals surface area contributed by atoms with Crippen LogP contribution < -0.4 is 0 Å². The highest BCUT2D eigenvalue weighted by molar-refractivity contribution is 5.72. The monoisotopic (exact) mass is 326 g/mol. The van der Waals surface area contributed by atoms with Crippen LogP contribution in [-0.2, 0) is 6.42 Å². The lowest BCUT2D eigenvalue weighted by Crippen LogP contribution is -2.36. The SMILES string of the molecule is CCc1noc([C@@H](C)N2CCC[C@@H](c3nc4ccccc4o3)C2)n1. The minimum absolute atomic E-state index is 0.116. The molecule has 0 N–H and O–H groups in total. The van der Waals surface area contributed by atoms with Gasteiger partial charge in [0.05, 0.1) is 6.04 Å². The second-order valence-corrected chi connectivity index (χ2v) is 6.43. The van der Waals surface area contributed by atoms with Gasteiger partial charge in [0.2, 0.25) is 5.89 Å². The van der Waals surface area contributed by atoms with E-state index in [0.717, 1.165) is 55.2 Å². The van der Waals surface area contributed by atoms with Crippen LogP contribution >= 0.6 is 0 Å². The first-order valence-corrected chi connectivity index (χ1v) is 8.66. The molecule has 0 amide bonds. The number of aromatic nitrogens is 3. The average molecular weight is 326 g/mol. The molecular weight excluding hydrogens is 304 g/mol. The number of piperidine rings is 1. The third-order valence-electron chi connectivity index (χ3n) is 4.82. The van der Waals surface area contributed by atoms with Crippen LogP contribution in [-0.4, -0.2) is 33.1 Å². The highest BCUT2D eigenvalue weighted by atomic mass is 16.5. The number of hydrogen-bond donors (Lipinski definition) is 0. The lowest BCUT2D eigenvalue weighted by molar-refractivity contribution is 0.126. The molecule has 6 nitrogen and oxygen atoms in total. The highest BCUT2D eigenvalue weighted by Crippen LogP contribution is 2.32. The fraction of sp³-hybridized carbons (Fsp3) is 0.500. The van der Waals surface area contributed by atoms with Crippen molar-refractivity contribution in [3.63, 3.8) is 0 Å². The number of nitrogens with zero attached hydrogens (tertiary/aromatic N) is 4. The molecule has 2 aromatic heterocycles. The normalized spacial score (nSPS) is 20.5. The molecule has 0 unspecified atom stereocenters. The fourth-order valence-electron chi connectivity index (χ4n) is 3.36. The first-order chi connectivity index (χ1) is 11.7. The molecule has 126 valence electrons. The van der Waals surface area contributed by atoms with Crippen molar-refractivity contribution in [1.29, 1.82) is 0 Å². The summed E-state index contributed by atoms with van der Waals surface area (Å²) in [4.78, 5) is 11.5. The van der Waals surface area contributed by atoms with Crippen LogP contribution in [0.15, 0.2) is 33.2 Å². The minimum Gasteiger partial charge on any atom is -0.440 e. The minimum atomic E-state index is 0.116. The van der Waals surface area contributed by atoms with E-state index in [9.17, 15) is 0 Å². The first kappa shape index (κ1) is 15.3. The molecule has 1 saturated heterocycles. The Labute approximate surface area is 140 Å². The maximum absolute atomic E-state index is 5.97. The molecule has 0 bridgehead atoms. The van der Waals surface area contributed by atoms with E-state index in [1.165, 1.54) is 0 Å². The zero-order valence-corrected chi connectivity index (χ0v) is 14.1. The predicted molar refractivity (Wildman–Crippen MR) is 89.6 cm³/mol. The van der Waals surface area contributed by atoms with Crippen molar-refractivity contribution >= 4 is 11.1 Å². The Hall–Kier alpha value is -2.21. The number of para-hydroxylation sites is 2. The van der Waals surface area contributed by atoms with Crippen molar-refractivity contribution in [3.8, 4) is 0 Å².